The van der Waals surface area contributed by atoms with E-state index in [2.05, 4.69) is 6.92 Å². The van der Waals surface area contributed by atoms with E-state index in [0.29, 0.717) is 12.0 Å². The fourth-order valence-corrected chi connectivity index (χ4v) is 3.85. The fourth-order valence-electron chi connectivity index (χ4n) is 3.03. The largest absolute Gasteiger partial charge is 1.00 e. The minimum atomic E-state index is -4.44. The summed E-state index contributed by atoms with van der Waals surface area (Å²) in [6.07, 6.45) is 13.9. The van der Waals surface area contributed by atoms with Crippen molar-refractivity contribution in [3.8, 4) is 5.75 Å². The zero-order valence-electron chi connectivity index (χ0n) is 15.8. The van der Waals surface area contributed by atoms with Crippen LogP contribution in [0.25, 0.3) is 0 Å². The van der Waals surface area contributed by atoms with Crippen molar-refractivity contribution >= 4 is 10.1 Å². The molecule has 0 radical (unpaired) electrons. The molecule has 0 saturated carbocycles. The van der Waals surface area contributed by atoms with Gasteiger partial charge in [0.1, 0.15) is 0 Å². The molecule has 4 nitrogen and oxygen atoms in total. The van der Waals surface area contributed by atoms with E-state index < -0.39 is 20.8 Å². The molecule has 1 rings (SSSR count). The number of aryl methyl sites for hydroxylation is 1. The van der Waals surface area contributed by atoms with Crippen LogP contribution in [0.15, 0.2) is 23.1 Å². The molecular weight excluding hydrogens is 347 g/mol. The van der Waals surface area contributed by atoms with Crippen molar-refractivity contribution in [1.29, 1.82) is 0 Å². The number of unbranched alkanes of at least 4 members (excludes halogenated alkanes) is 10. The van der Waals surface area contributed by atoms with Gasteiger partial charge in [0.15, 0.2) is 0 Å². The van der Waals surface area contributed by atoms with Gasteiger partial charge in [-0.2, -0.15) is 8.42 Å². The predicted molar refractivity (Wildman–Crippen MR) is 95.9 cm³/mol. The fraction of sp³-hybridized carbons (Fsp3) is 0.684. The summed E-state index contributed by atoms with van der Waals surface area (Å²) in [5.41, 5.74) is 0.431. The first kappa shape index (κ1) is 24.9. The van der Waals surface area contributed by atoms with Gasteiger partial charge in [0, 0.05) is 0 Å². The normalized spacial score (nSPS) is 11.3. The van der Waals surface area contributed by atoms with Gasteiger partial charge in [0.2, 0.25) is 0 Å². The second-order valence-corrected chi connectivity index (χ2v) is 7.86. The summed E-state index contributed by atoms with van der Waals surface area (Å²) in [5, 5.41) is 11.6. The van der Waals surface area contributed by atoms with Crippen molar-refractivity contribution in [2.45, 2.75) is 88.9 Å². The molecule has 0 saturated heterocycles. The quantitative estimate of drug-likeness (QED) is 0.323. The maximum absolute atomic E-state index is 11.6. The average Bonchev–Trinajstić information content (AvgIpc) is 2.51. The Labute approximate surface area is 175 Å². The van der Waals surface area contributed by atoms with Gasteiger partial charge in [-0.1, -0.05) is 95.1 Å². The van der Waals surface area contributed by atoms with Gasteiger partial charge in [-0.15, -0.1) is 0 Å². The topological polar surface area (TPSA) is 77.4 Å². The van der Waals surface area contributed by atoms with Gasteiger partial charge in [-0.3, -0.25) is 4.55 Å². The molecule has 1 aromatic carbocycles. The van der Waals surface area contributed by atoms with Gasteiger partial charge in [-0.25, -0.2) is 0 Å². The Bertz CT molecular complexity index is 573. The number of hydrogen-bond acceptors (Lipinski definition) is 3. The third kappa shape index (κ3) is 10.6. The maximum Gasteiger partial charge on any atom is 1.00 e. The van der Waals surface area contributed by atoms with Crippen molar-refractivity contribution in [2.24, 2.45) is 0 Å². The van der Waals surface area contributed by atoms with Crippen LogP contribution in [-0.4, -0.2) is 13.0 Å². The Kier molecular flexibility index (Phi) is 14.0. The zero-order valence-corrected chi connectivity index (χ0v) is 18.6. The first-order chi connectivity index (χ1) is 11.5. The second-order valence-electron chi connectivity index (χ2n) is 6.50. The van der Waals surface area contributed by atoms with E-state index in [4.69, 9.17) is 0 Å². The number of benzene rings is 1. The first-order valence-electron chi connectivity index (χ1n) is 9.23. The van der Waals surface area contributed by atoms with Crippen molar-refractivity contribution < 1.29 is 47.6 Å². The maximum atomic E-state index is 11.6. The molecule has 0 aliphatic rings. The molecule has 0 aliphatic carbocycles. The van der Waals surface area contributed by atoms with Crippen molar-refractivity contribution in [3.05, 3.63) is 23.8 Å². The monoisotopic (exact) mass is 378 g/mol. The van der Waals surface area contributed by atoms with E-state index in [9.17, 15) is 18.1 Å². The third-order valence-electron chi connectivity index (χ3n) is 4.37. The molecule has 0 aliphatic heterocycles. The van der Waals surface area contributed by atoms with Crippen LogP contribution in [0, 0.1) is 0 Å². The summed E-state index contributed by atoms with van der Waals surface area (Å²) in [6, 6.07) is 4.33. The molecule has 138 valence electrons. The molecule has 0 heterocycles. The molecule has 0 atom stereocenters. The van der Waals surface area contributed by atoms with Crippen molar-refractivity contribution in [2.75, 3.05) is 0 Å². The van der Waals surface area contributed by atoms with Crippen LogP contribution in [0.5, 0.6) is 5.75 Å². The minimum Gasteiger partial charge on any atom is -0.872 e. The van der Waals surface area contributed by atoms with E-state index in [1.807, 2.05) is 0 Å². The Morgan fingerprint density at radius 2 is 1.36 bits per heavy atom. The van der Waals surface area contributed by atoms with E-state index in [0.717, 1.165) is 19.3 Å². The van der Waals surface area contributed by atoms with Crippen LogP contribution in [0.4, 0.5) is 0 Å². The molecule has 0 spiro atoms. The Hall–Kier alpha value is -0.0700. The van der Waals surface area contributed by atoms with Crippen LogP contribution < -0.4 is 34.7 Å². The average molecular weight is 379 g/mol. The standard InChI is InChI=1S/C19H32O4S.Na/c1-2-3-4-5-6-7-8-9-10-11-12-14-17-15-13-16-18(20)19(17)24(21,22)23;/h13,15-16,20H,2-12,14H2,1H3,(H,21,22,23);/q;+1/p-1. The molecule has 0 amide bonds. The Balaban J connectivity index is 0.00000576. The predicted octanol–water partition coefficient (Wildman–Crippen LogP) is 1.86. The molecule has 1 aromatic rings. The van der Waals surface area contributed by atoms with Crippen molar-refractivity contribution in [1.82, 2.24) is 0 Å². The molecule has 0 unspecified atom stereocenters. The molecule has 0 fully saturated rings. The summed E-state index contributed by atoms with van der Waals surface area (Å²) in [7, 11) is -4.44. The molecule has 0 bridgehead atoms. The van der Waals surface area contributed by atoms with Gasteiger partial charge >= 0.3 is 29.6 Å². The van der Waals surface area contributed by atoms with Crippen LogP contribution in [0.2, 0.25) is 0 Å². The molecule has 6 heteroatoms. The van der Waals surface area contributed by atoms with E-state index in [-0.39, 0.29) is 29.6 Å². The number of hydrogen-bond donors (Lipinski definition) is 1. The van der Waals surface area contributed by atoms with Gasteiger partial charge in [0.25, 0.3) is 10.1 Å². The van der Waals surface area contributed by atoms with E-state index in [1.54, 1.807) is 12.1 Å². The second kappa shape index (κ2) is 14.0. The summed E-state index contributed by atoms with van der Waals surface area (Å²) in [4.78, 5) is -0.447. The zero-order chi connectivity index (χ0) is 17.8. The third-order valence-corrected chi connectivity index (χ3v) is 5.35. The van der Waals surface area contributed by atoms with Crippen LogP contribution >= 0.6 is 0 Å². The number of rotatable bonds is 13. The van der Waals surface area contributed by atoms with Gasteiger partial charge in [-0.05, 0) is 18.4 Å². The van der Waals surface area contributed by atoms with Gasteiger partial charge in [0.05, 0.1) is 4.90 Å². The summed E-state index contributed by atoms with van der Waals surface area (Å²) in [5.74, 6) is -0.627. The van der Waals surface area contributed by atoms with Crippen LogP contribution in [-0.2, 0) is 16.5 Å². The van der Waals surface area contributed by atoms with Gasteiger partial charge < -0.3 is 5.11 Å². The van der Waals surface area contributed by atoms with E-state index in [1.165, 1.54) is 57.4 Å². The molecule has 0 aromatic heterocycles. The van der Waals surface area contributed by atoms with Crippen molar-refractivity contribution in [3.63, 3.8) is 0 Å². The summed E-state index contributed by atoms with van der Waals surface area (Å²) < 4.78 is 31.9. The first-order valence-corrected chi connectivity index (χ1v) is 10.7. The minimum absolute atomic E-state index is 0. The molecule has 1 N–H and O–H groups in total. The summed E-state index contributed by atoms with van der Waals surface area (Å²) >= 11 is 0. The summed E-state index contributed by atoms with van der Waals surface area (Å²) in [6.45, 7) is 2.23. The van der Waals surface area contributed by atoms with Crippen LogP contribution in [0.3, 0.4) is 0 Å². The Morgan fingerprint density at radius 3 is 1.84 bits per heavy atom. The smallest absolute Gasteiger partial charge is 0.872 e. The Morgan fingerprint density at radius 1 is 0.880 bits per heavy atom. The van der Waals surface area contributed by atoms with Crippen LogP contribution in [0.1, 0.15) is 83.1 Å². The molecule has 25 heavy (non-hydrogen) atoms. The SMILES string of the molecule is CCCCCCCCCCCCCc1cccc([O-])c1S(=O)(=O)O.[Na+]. The molecular formula is C19H31NaO4S. The van der Waals surface area contributed by atoms with E-state index >= 15 is 0 Å².